The average Bonchev–Trinajstić information content (AvgIpc) is 2.44. The highest BCUT2D eigenvalue weighted by Crippen LogP contribution is 2.36. The lowest BCUT2D eigenvalue weighted by Crippen LogP contribution is -2.06. The van der Waals surface area contributed by atoms with Gasteiger partial charge in [0.25, 0.3) is 0 Å². The van der Waals surface area contributed by atoms with Gasteiger partial charge in [-0.15, -0.1) is 0 Å². The second-order valence-electron chi connectivity index (χ2n) is 3.63. The first-order chi connectivity index (χ1) is 9.40. The van der Waals surface area contributed by atoms with Gasteiger partial charge in [-0.2, -0.15) is 0 Å². The van der Waals surface area contributed by atoms with Crippen LogP contribution >= 0.6 is 11.6 Å². The fraction of sp³-hybridized carbons (Fsp3) is 0. The zero-order chi connectivity index (χ0) is 15.0. The fourth-order valence-electron chi connectivity index (χ4n) is 1.62. The van der Waals surface area contributed by atoms with Gasteiger partial charge in [0.05, 0.1) is 5.56 Å². The summed E-state index contributed by atoms with van der Waals surface area (Å²) in [6.07, 6.45) is 1.22. The molecule has 0 amide bonds. The molecule has 0 saturated carbocycles. The number of benzene rings is 1. The van der Waals surface area contributed by atoms with E-state index in [1.165, 1.54) is 0 Å². The van der Waals surface area contributed by atoms with Gasteiger partial charge in [-0.25, -0.2) is 26.9 Å². The maximum absolute atomic E-state index is 13.7. The van der Waals surface area contributed by atoms with Gasteiger partial charge in [0.1, 0.15) is 5.15 Å². The van der Waals surface area contributed by atoms with Crippen LogP contribution in [-0.2, 0) is 0 Å². The van der Waals surface area contributed by atoms with Crippen molar-refractivity contribution < 1.29 is 26.7 Å². The molecule has 2 rings (SSSR count). The van der Waals surface area contributed by atoms with Crippen LogP contribution in [0.2, 0.25) is 5.15 Å². The van der Waals surface area contributed by atoms with E-state index in [0.717, 1.165) is 12.3 Å². The maximum Gasteiger partial charge on any atom is 0.200 e. The summed E-state index contributed by atoms with van der Waals surface area (Å²) in [5.74, 6) is -10.7. The highest BCUT2D eigenvalue weighted by Gasteiger charge is 2.29. The lowest BCUT2D eigenvalue weighted by molar-refractivity contribution is 0.112. The number of halogens is 6. The first-order valence-electron chi connectivity index (χ1n) is 5.01. The molecule has 0 aliphatic rings. The Morgan fingerprint density at radius 1 is 0.900 bits per heavy atom. The van der Waals surface area contributed by atoms with Crippen LogP contribution < -0.4 is 0 Å². The Morgan fingerprint density at radius 2 is 1.40 bits per heavy atom. The average molecular weight is 308 g/mol. The lowest BCUT2D eigenvalue weighted by Gasteiger charge is -2.11. The molecule has 1 aromatic heterocycles. The number of aldehydes is 1. The summed E-state index contributed by atoms with van der Waals surface area (Å²) in [7, 11) is 0. The summed E-state index contributed by atoms with van der Waals surface area (Å²) < 4.78 is 66.6. The third kappa shape index (κ3) is 2.03. The van der Waals surface area contributed by atoms with E-state index in [-0.39, 0.29) is 11.8 Å². The number of aromatic nitrogens is 1. The van der Waals surface area contributed by atoms with E-state index in [1.54, 1.807) is 0 Å². The molecule has 1 heterocycles. The number of rotatable bonds is 2. The zero-order valence-corrected chi connectivity index (χ0v) is 10.1. The topological polar surface area (TPSA) is 30.0 Å². The Bertz CT molecular complexity index is 690. The van der Waals surface area contributed by atoms with Crippen molar-refractivity contribution in [2.24, 2.45) is 0 Å². The lowest BCUT2D eigenvalue weighted by atomic mass is 10.0. The number of pyridine rings is 1. The molecular weight excluding hydrogens is 305 g/mol. The molecular formula is C12H3ClF5NO. The van der Waals surface area contributed by atoms with E-state index in [4.69, 9.17) is 11.6 Å². The normalized spacial score (nSPS) is 10.7. The summed E-state index contributed by atoms with van der Waals surface area (Å²) in [6.45, 7) is 0. The third-order valence-corrected chi connectivity index (χ3v) is 2.81. The molecule has 0 unspecified atom stereocenters. The molecule has 104 valence electrons. The minimum atomic E-state index is -2.29. The molecule has 0 aliphatic carbocycles. The summed E-state index contributed by atoms with van der Waals surface area (Å²) in [5.41, 5.74) is -2.30. The van der Waals surface area contributed by atoms with Gasteiger partial charge in [-0.1, -0.05) is 11.6 Å². The predicted molar refractivity (Wildman–Crippen MR) is 59.9 cm³/mol. The predicted octanol–water partition coefficient (Wildman–Crippen LogP) is 3.91. The largest absolute Gasteiger partial charge is 0.298 e. The number of carbonyl (C=O) groups is 1. The van der Waals surface area contributed by atoms with Gasteiger partial charge in [-0.3, -0.25) is 4.79 Å². The van der Waals surface area contributed by atoms with Crippen LogP contribution in [0.5, 0.6) is 0 Å². The van der Waals surface area contributed by atoms with E-state index in [0.29, 0.717) is 0 Å². The van der Waals surface area contributed by atoms with Crippen molar-refractivity contribution in [2.75, 3.05) is 0 Å². The molecule has 0 fully saturated rings. The molecule has 0 atom stereocenters. The number of hydrogen-bond donors (Lipinski definition) is 0. The molecule has 2 aromatic rings. The van der Waals surface area contributed by atoms with Crippen molar-refractivity contribution in [2.45, 2.75) is 0 Å². The van der Waals surface area contributed by atoms with E-state index >= 15 is 0 Å². The first-order valence-corrected chi connectivity index (χ1v) is 5.39. The van der Waals surface area contributed by atoms with Crippen molar-refractivity contribution in [3.63, 3.8) is 0 Å². The Morgan fingerprint density at radius 3 is 1.90 bits per heavy atom. The Hall–Kier alpha value is -2.02. The van der Waals surface area contributed by atoms with E-state index < -0.39 is 45.4 Å². The summed E-state index contributed by atoms with van der Waals surface area (Å²) >= 11 is 5.59. The van der Waals surface area contributed by atoms with Crippen molar-refractivity contribution in [3.8, 4) is 11.1 Å². The summed E-state index contributed by atoms with van der Waals surface area (Å²) in [4.78, 5) is 14.3. The van der Waals surface area contributed by atoms with Crippen molar-refractivity contribution in [3.05, 3.63) is 52.1 Å². The number of nitrogens with zero attached hydrogens (tertiary/aromatic N) is 1. The van der Waals surface area contributed by atoms with Crippen LogP contribution in [0.4, 0.5) is 22.0 Å². The molecule has 0 N–H and O–H groups in total. The van der Waals surface area contributed by atoms with Gasteiger partial charge in [0, 0.05) is 17.3 Å². The second-order valence-corrected chi connectivity index (χ2v) is 3.99. The minimum absolute atomic E-state index is 0.168. The maximum atomic E-state index is 13.7. The Balaban J connectivity index is 2.95. The first kappa shape index (κ1) is 14.4. The van der Waals surface area contributed by atoms with Crippen LogP contribution in [0.1, 0.15) is 10.4 Å². The van der Waals surface area contributed by atoms with E-state index in [2.05, 4.69) is 4.98 Å². The van der Waals surface area contributed by atoms with Crippen molar-refractivity contribution >= 4 is 17.9 Å². The Labute approximate surface area is 113 Å². The van der Waals surface area contributed by atoms with Gasteiger partial charge in [-0.05, 0) is 6.07 Å². The molecule has 20 heavy (non-hydrogen) atoms. The van der Waals surface area contributed by atoms with E-state index in [1.807, 2.05) is 0 Å². The zero-order valence-electron chi connectivity index (χ0n) is 9.36. The number of carbonyl (C=O) groups excluding carboxylic acids is 1. The molecule has 0 saturated heterocycles. The SMILES string of the molecule is O=Cc1ccnc(Cl)c1-c1c(F)c(F)c(F)c(F)c1F. The molecule has 1 aromatic carbocycles. The third-order valence-electron chi connectivity index (χ3n) is 2.52. The van der Waals surface area contributed by atoms with Gasteiger partial charge in [0.15, 0.2) is 29.6 Å². The van der Waals surface area contributed by atoms with Crippen LogP contribution in [0.3, 0.4) is 0 Å². The highest BCUT2D eigenvalue weighted by atomic mass is 35.5. The molecule has 8 heteroatoms. The number of hydrogen-bond acceptors (Lipinski definition) is 2. The van der Waals surface area contributed by atoms with Gasteiger partial charge in [0.2, 0.25) is 5.82 Å². The van der Waals surface area contributed by atoms with Crippen LogP contribution in [-0.4, -0.2) is 11.3 Å². The van der Waals surface area contributed by atoms with Crippen LogP contribution in [0.25, 0.3) is 11.1 Å². The fourth-order valence-corrected chi connectivity index (χ4v) is 1.88. The molecule has 0 aliphatic heterocycles. The smallest absolute Gasteiger partial charge is 0.200 e. The molecule has 0 spiro atoms. The molecule has 0 bridgehead atoms. The van der Waals surface area contributed by atoms with Crippen LogP contribution in [0.15, 0.2) is 12.3 Å². The Kier molecular flexibility index (Phi) is 3.71. The highest BCUT2D eigenvalue weighted by molar-refractivity contribution is 6.32. The monoisotopic (exact) mass is 307 g/mol. The van der Waals surface area contributed by atoms with Crippen molar-refractivity contribution in [1.82, 2.24) is 4.98 Å². The van der Waals surface area contributed by atoms with E-state index in [9.17, 15) is 26.7 Å². The van der Waals surface area contributed by atoms with Gasteiger partial charge >= 0.3 is 0 Å². The summed E-state index contributed by atoms with van der Waals surface area (Å²) in [5, 5.41) is -0.558. The molecule has 2 nitrogen and oxygen atoms in total. The van der Waals surface area contributed by atoms with Crippen LogP contribution in [0, 0.1) is 29.1 Å². The standard InChI is InChI=1S/C12H3ClF5NO/c13-12-5(4(3-20)1-2-19-12)6-7(14)9(16)11(18)10(17)8(6)15/h1-3H. The van der Waals surface area contributed by atoms with Crippen molar-refractivity contribution in [1.29, 1.82) is 0 Å². The second kappa shape index (κ2) is 5.16. The summed E-state index contributed by atoms with van der Waals surface area (Å²) in [6, 6.07) is 1.03. The van der Waals surface area contributed by atoms with Gasteiger partial charge < -0.3 is 0 Å². The molecule has 0 radical (unpaired) electrons. The minimum Gasteiger partial charge on any atom is -0.298 e. The quantitative estimate of drug-likeness (QED) is 0.277.